The van der Waals surface area contributed by atoms with Crippen molar-refractivity contribution in [2.45, 2.75) is 12.5 Å². The van der Waals surface area contributed by atoms with Crippen molar-refractivity contribution in [1.29, 1.82) is 0 Å². The number of rotatable bonds is 2. The zero-order valence-corrected chi connectivity index (χ0v) is 10.7. The van der Waals surface area contributed by atoms with Crippen molar-refractivity contribution in [1.82, 2.24) is 0 Å². The summed E-state index contributed by atoms with van der Waals surface area (Å²) in [4.78, 5) is 4.75. The van der Waals surface area contributed by atoms with Gasteiger partial charge in [-0.3, -0.25) is 0 Å². The molecule has 0 unspecified atom stereocenters. The zero-order chi connectivity index (χ0) is 12.4. The number of anilines is 2. The Hall–Kier alpha value is -1.26. The first-order valence-electron chi connectivity index (χ1n) is 6.76. The number of morpholine rings is 1. The molecule has 18 heavy (non-hydrogen) atoms. The number of hydrogen-bond acceptors (Lipinski definition) is 4. The molecule has 0 saturated carbocycles. The van der Waals surface area contributed by atoms with Crippen molar-refractivity contribution in [3.05, 3.63) is 24.3 Å². The Morgan fingerprint density at radius 1 is 0.944 bits per heavy atom. The van der Waals surface area contributed by atoms with Crippen molar-refractivity contribution in [3.63, 3.8) is 0 Å². The molecule has 0 aliphatic carbocycles. The lowest BCUT2D eigenvalue weighted by Gasteiger charge is -2.29. The second kappa shape index (κ2) is 5.16. The molecule has 0 spiro atoms. The maximum atomic E-state index is 5.95. The first-order chi connectivity index (χ1) is 8.83. The molecule has 1 atom stereocenters. The Kier molecular flexibility index (Phi) is 3.39. The maximum absolute atomic E-state index is 5.95. The fraction of sp³-hybridized carbons (Fsp3) is 0.571. The smallest absolute Gasteiger partial charge is 0.0642 e. The minimum absolute atomic E-state index is 0.337. The van der Waals surface area contributed by atoms with Gasteiger partial charge in [-0.1, -0.05) is 0 Å². The highest BCUT2D eigenvalue weighted by Gasteiger charge is 2.19. The third kappa shape index (κ3) is 2.44. The van der Waals surface area contributed by atoms with Crippen LogP contribution in [0.25, 0.3) is 0 Å². The topological polar surface area (TPSA) is 41.7 Å². The van der Waals surface area contributed by atoms with Crippen LogP contribution in [0, 0.1) is 0 Å². The summed E-state index contributed by atoms with van der Waals surface area (Å²) in [5.74, 6) is 0. The van der Waals surface area contributed by atoms with Gasteiger partial charge in [0.15, 0.2) is 0 Å². The van der Waals surface area contributed by atoms with E-state index < -0.39 is 0 Å². The standard InChI is InChI=1S/C14H21N3O/c15-12-5-6-17(11-12)14-3-1-13(2-4-14)16-7-9-18-10-8-16/h1-4,12H,5-11,15H2/t12-/m0/s1. The molecule has 4 nitrogen and oxygen atoms in total. The van der Waals surface area contributed by atoms with Crippen LogP contribution in [0.15, 0.2) is 24.3 Å². The zero-order valence-electron chi connectivity index (χ0n) is 10.7. The quantitative estimate of drug-likeness (QED) is 0.848. The molecule has 98 valence electrons. The summed E-state index contributed by atoms with van der Waals surface area (Å²) in [6.07, 6.45) is 1.10. The van der Waals surface area contributed by atoms with Gasteiger partial charge in [0.05, 0.1) is 13.2 Å². The van der Waals surface area contributed by atoms with Gasteiger partial charge in [-0.2, -0.15) is 0 Å². The normalized spacial score (nSPS) is 24.6. The summed E-state index contributed by atoms with van der Waals surface area (Å²) < 4.78 is 5.37. The highest BCUT2D eigenvalue weighted by Crippen LogP contribution is 2.24. The van der Waals surface area contributed by atoms with Crippen molar-refractivity contribution >= 4 is 11.4 Å². The lowest BCUT2D eigenvalue weighted by Crippen LogP contribution is -2.36. The summed E-state index contributed by atoms with van der Waals surface area (Å²) in [5, 5.41) is 0. The van der Waals surface area contributed by atoms with Crippen LogP contribution in [0.3, 0.4) is 0 Å². The second-order valence-electron chi connectivity index (χ2n) is 5.11. The number of nitrogens with zero attached hydrogens (tertiary/aromatic N) is 2. The van der Waals surface area contributed by atoms with Gasteiger partial charge < -0.3 is 20.3 Å². The Morgan fingerprint density at radius 3 is 2.11 bits per heavy atom. The van der Waals surface area contributed by atoms with Crippen LogP contribution >= 0.6 is 0 Å². The van der Waals surface area contributed by atoms with Crippen LogP contribution in [-0.2, 0) is 4.74 Å². The molecule has 4 heteroatoms. The predicted molar refractivity (Wildman–Crippen MR) is 74.3 cm³/mol. The van der Waals surface area contributed by atoms with Crippen LogP contribution in [0.1, 0.15) is 6.42 Å². The average molecular weight is 247 g/mol. The molecular formula is C14H21N3O. The number of nitrogens with two attached hydrogens (primary N) is 1. The lowest BCUT2D eigenvalue weighted by molar-refractivity contribution is 0.122. The molecule has 2 fully saturated rings. The van der Waals surface area contributed by atoms with Crippen molar-refractivity contribution in [2.75, 3.05) is 49.2 Å². The minimum atomic E-state index is 0.337. The van der Waals surface area contributed by atoms with Crippen LogP contribution < -0.4 is 15.5 Å². The average Bonchev–Trinajstić information content (AvgIpc) is 2.87. The van der Waals surface area contributed by atoms with Crippen molar-refractivity contribution in [2.24, 2.45) is 5.73 Å². The molecule has 1 aromatic carbocycles. The SMILES string of the molecule is N[C@H]1CCN(c2ccc(N3CCOCC3)cc2)C1. The monoisotopic (exact) mass is 247 g/mol. The molecule has 2 heterocycles. The highest BCUT2D eigenvalue weighted by atomic mass is 16.5. The second-order valence-corrected chi connectivity index (χ2v) is 5.11. The van der Waals surface area contributed by atoms with E-state index in [1.807, 2.05) is 0 Å². The fourth-order valence-corrected chi connectivity index (χ4v) is 2.72. The summed E-state index contributed by atoms with van der Waals surface area (Å²) in [7, 11) is 0. The van der Waals surface area contributed by atoms with E-state index >= 15 is 0 Å². The van der Waals surface area contributed by atoms with Gasteiger partial charge >= 0.3 is 0 Å². The molecule has 2 saturated heterocycles. The van der Waals surface area contributed by atoms with Crippen LogP contribution in [0.5, 0.6) is 0 Å². The van der Waals surface area contributed by atoms with Crippen LogP contribution in [-0.4, -0.2) is 45.4 Å². The van der Waals surface area contributed by atoms with Gasteiger partial charge in [0.1, 0.15) is 0 Å². The molecule has 0 radical (unpaired) electrons. The summed E-state index contributed by atoms with van der Waals surface area (Å²) >= 11 is 0. The maximum Gasteiger partial charge on any atom is 0.0642 e. The van der Waals surface area contributed by atoms with Gasteiger partial charge in [0.2, 0.25) is 0 Å². The minimum Gasteiger partial charge on any atom is -0.378 e. The number of ether oxygens (including phenoxy) is 1. The van der Waals surface area contributed by atoms with E-state index in [-0.39, 0.29) is 0 Å². The van der Waals surface area contributed by atoms with Gasteiger partial charge in [0.25, 0.3) is 0 Å². The van der Waals surface area contributed by atoms with E-state index in [1.165, 1.54) is 11.4 Å². The molecule has 0 amide bonds. The van der Waals surface area contributed by atoms with E-state index in [9.17, 15) is 0 Å². The molecule has 2 N–H and O–H groups in total. The first kappa shape index (κ1) is 11.8. The molecule has 0 aromatic heterocycles. The summed E-state index contributed by atoms with van der Waals surface area (Å²) in [6, 6.07) is 9.18. The number of hydrogen-bond donors (Lipinski definition) is 1. The largest absolute Gasteiger partial charge is 0.378 e. The van der Waals surface area contributed by atoms with Crippen LogP contribution in [0.2, 0.25) is 0 Å². The van der Waals surface area contributed by atoms with Gasteiger partial charge in [-0.05, 0) is 30.7 Å². The summed E-state index contributed by atoms with van der Waals surface area (Å²) in [6.45, 7) is 5.72. The Bertz CT molecular complexity index is 363. The van der Waals surface area contributed by atoms with Gasteiger partial charge in [-0.25, -0.2) is 0 Å². The number of benzene rings is 1. The van der Waals surface area contributed by atoms with Gasteiger partial charge in [-0.15, -0.1) is 0 Å². The lowest BCUT2D eigenvalue weighted by atomic mass is 10.2. The third-order valence-corrected chi connectivity index (χ3v) is 3.82. The summed E-state index contributed by atoms with van der Waals surface area (Å²) in [5.41, 5.74) is 8.53. The first-order valence-corrected chi connectivity index (χ1v) is 6.76. The van der Waals surface area contributed by atoms with Crippen LogP contribution in [0.4, 0.5) is 11.4 Å². The van der Waals surface area contributed by atoms with Crippen molar-refractivity contribution < 1.29 is 4.74 Å². The van der Waals surface area contributed by atoms with E-state index in [0.717, 1.165) is 45.8 Å². The van der Waals surface area contributed by atoms with E-state index in [0.29, 0.717) is 6.04 Å². The predicted octanol–water partition coefficient (Wildman–Crippen LogP) is 1.06. The van der Waals surface area contributed by atoms with E-state index in [4.69, 9.17) is 10.5 Å². The molecule has 0 bridgehead atoms. The molecule has 2 aliphatic heterocycles. The molecular weight excluding hydrogens is 226 g/mol. The van der Waals surface area contributed by atoms with E-state index in [2.05, 4.69) is 34.1 Å². The van der Waals surface area contributed by atoms with E-state index in [1.54, 1.807) is 0 Å². The van der Waals surface area contributed by atoms with Gasteiger partial charge in [0, 0.05) is 43.6 Å². The molecule has 2 aliphatic rings. The third-order valence-electron chi connectivity index (χ3n) is 3.82. The fourth-order valence-electron chi connectivity index (χ4n) is 2.72. The van der Waals surface area contributed by atoms with Crippen molar-refractivity contribution in [3.8, 4) is 0 Å². The Balaban J connectivity index is 1.68. The Morgan fingerprint density at radius 2 is 1.56 bits per heavy atom. The molecule has 1 aromatic rings. The molecule has 3 rings (SSSR count). The Labute approximate surface area is 108 Å². The highest BCUT2D eigenvalue weighted by molar-refractivity contribution is 5.57.